The zero-order valence-electron chi connectivity index (χ0n) is 9.38. The molecule has 0 unspecified atom stereocenters. The smallest absolute Gasteiger partial charge is 0.168 e. The quantitative estimate of drug-likeness (QED) is 0.726. The summed E-state index contributed by atoms with van der Waals surface area (Å²) in [7, 11) is 2.10. The Kier molecular flexibility index (Phi) is 5.23. The van der Waals surface area contributed by atoms with Crippen LogP contribution in [-0.2, 0) is 0 Å². The van der Waals surface area contributed by atoms with Crippen LogP contribution in [0.4, 0.5) is 0 Å². The molecule has 0 spiro atoms. The second-order valence-corrected chi connectivity index (χ2v) is 4.61. The van der Waals surface area contributed by atoms with Crippen molar-refractivity contribution in [3.8, 4) is 0 Å². The van der Waals surface area contributed by atoms with Gasteiger partial charge in [-0.3, -0.25) is 0 Å². The maximum Gasteiger partial charge on any atom is 0.168 e. The SMILES string of the molecule is CCNC(=S)N(C)CC1CCCCC1. The Balaban J connectivity index is 2.24. The predicted molar refractivity (Wildman–Crippen MR) is 65.5 cm³/mol. The molecule has 1 rings (SSSR count). The molecule has 3 heteroatoms. The molecule has 0 amide bonds. The summed E-state index contributed by atoms with van der Waals surface area (Å²) >= 11 is 5.26. The van der Waals surface area contributed by atoms with E-state index in [-0.39, 0.29) is 0 Å². The molecular formula is C11H22N2S. The van der Waals surface area contributed by atoms with Crippen molar-refractivity contribution in [2.24, 2.45) is 5.92 Å². The van der Waals surface area contributed by atoms with Gasteiger partial charge in [-0.15, -0.1) is 0 Å². The Bertz CT molecular complexity index is 176. The van der Waals surface area contributed by atoms with Gasteiger partial charge in [0.1, 0.15) is 0 Å². The molecule has 14 heavy (non-hydrogen) atoms. The van der Waals surface area contributed by atoms with Gasteiger partial charge in [0.25, 0.3) is 0 Å². The van der Waals surface area contributed by atoms with Crippen molar-refractivity contribution in [3.63, 3.8) is 0 Å². The Hall–Kier alpha value is -0.310. The van der Waals surface area contributed by atoms with E-state index in [9.17, 15) is 0 Å². The van der Waals surface area contributed by atoms with Crippen molar-refractivity contribution in [2.45, 2.75) is 39.0 Å². The number of rotatable bonds is 3. The van der Waals surface area contributed by atoms with E-state index in [0.29, 0.717) is 0 Å². The molecule has 1 saturated carbocycles. The lowest BCUT2D eigenvalue weighted by Gasteiger charge is -2.28. The number of hydrogen-bond donors (Lipinski definition) is 1. The van der Waals surface area contributed by atoms with Gasteiger partial charge in [-0.25, -0.2) is 0 Å². The lowest BCUT2D eigenvalue weighted by molar-refractivity contribution is 0.295. The van der Waals surface area contributed by atoms with Crippen molar-refractivity contribution in [3.05, 3.63) is 0 Å². The molecular weight excluding hydrogens is 192 g/mol. The molecule has 0 aromatic carbocycles. The molecule has 0 saturated heterocycles. The third kappa shape index (κ3) is 3.82. The second-order valence-electron chi connectivity index (χ2n) is 4.22. The van der Waals surface area contributed by atoms with Gasteiger partial charge >= 0.3 is 0 Å². The Morgan fingerprint density at radius 2 is 2.00 bits per heavy atom. The molecule has 0 aromatic heterocycles. The Morgan fingerprint density at radius 3 is 2.57 bits per heavy atom. The molecule has 0 bridgehead atoms. The summed E-state index contributed by atoms with van der Waals surface area (Å²) in [6.45, 7) is 4.14. The molecule has 0 radical (unpaired) electrons. The number of thiocarbonyl (C=S) groups is 1. The molecule has 0 atom stereocenters. The molecule has 1 N–H and O–H groups in total. The summed E-state index contributed by atoms with van der Waals surface area (Å²) in [4.78, 5) is 2.19. The fourth-order valence-corrected chi connectivity index (χ4v) is 2.34. The van der Waals surface area contributed by atoms with E-state index in [0.717, 1.165) is 24.1 Å². The summed E-state index contributed by atoms with van der Waals surface area (Å²) in [5.74, 6) is 0.866. The normalized spacial score (nSPS) is 17.9. The summed E-state index contributed by atoms with van der Waals surface area (Å²) in [6.07, 6.45) is 7.02. The fraction of sp³-hybridized carbons (Fsp3) is 0.909. The zero-order valence-corrected chi connectivity index (χ0v) is 10.2. The average Bonchev–Trinajstić information content (AvgIpc) is 2.19. The monoisotopic (exact) mass is 214 g/mol. The van der Waals surface area contributed by atoms with E-state index in [2.05, 4.69) is 24.2 Å². The van der Waals surface area contributed by atoms with Crippen molar-refractivity contribution >= 4 is 17.3 Å². The Labute approximate surface area is 93.1 Å². The minimum atomic E-state index is 0.866. The summed E-state index contributed by atoms with van der Waals surface area (Å²) in [6, 6.07) is 0. The molecule has 0 aromatic rings. The third-order valence-electron chi connectivity index (χ3n) is 2.93. The van der Waals surface area contributed by atoms with Crippen LogP contribution in [0.1, 0.15) is 39.0 Å². The van der Waals surface area contributed by atoms with Gasteiger partial charge in [0.05, 0.1) is 0 Å². The highest BCUT2D eigenvalue weighted by molar-refractivity contribution is 7.80. The number of nitrogens with zero attached hydrogens (tertiary/aromatic N) is 1. The van der Waals surface area contributed by atoms with Crippen LogP contribution >= 0.6 is 12.2 Å². The van der Waals surface area contributed by atoms with E-state index in [4.69, 9.17) is 12.2 Å². The maximum atomic E-state index is 5.26. The van der Waals surface area contributed by atoms with Crippen LogP contribution in [0.3, 0.4) is 0 Å². The van der Waals surface area contributed by atoms with Gasteiger partial charge in [-0.2, -0.15) is 0 Å². The van der Waals surface area contributed by atoms with Crippen molar-refractivity contribution in [1.29, 1.82) is 0 Å². The second kappa shape index (κ2) is 6.23. The standard InChI is InChI=1S/C11H22N2S/c1-3-12-11(14)13(2)9-10-7-5-4-6-8-10/h10H,3-9H2,1-2H3,(H,12,14). The van der Waals surface area contributed by atoms with E-state index in [1.807, 2.05) is 0 Å². The molecule has 0 aliphatic heterocycles. The van der Waals surface area contributed by atoms with Crippen LogP contribution in [0.5, 0.6) is 0 Å². The van der Waals surface area contributed by atoms with Gasteiger partial charge in [0.2, 0.25) is 0 Å². The van der Waals surface area contributed by atoms with Crippen LogP contribution in [0.2, 0.25) is 0 Å². The van der Waals surface area contributed by atoms with Gasteiger partial charge in [0, 0.05) is 20.1 Å². The first kappa shape index (κ1) is 11.8. The van der Waals surface area contributed by atoms with E-state index in [1.54, 1.807) is 0 Å². The van der Waals surface area contributed by atoms with Crippen LogP contribution < -0.4 is 5.32 Å². The lowest BCUT2D eigenvalue weighted by atomic mass is 9.89. The Morgan fingerprint density at radius 1 is 1.36 bits per heavy atom. The molecule has 1 aliphatic carbocycles. The van der Waals surface area contributed by atoms with Crippen LogP contribution in [-0.4, -0.2) is 30.1 Å². The molecule has 2 nitrogen and oxygen atoms in total. The maximum absolute atomic E-state index is 5.26. The van der Waals surface area contributed by atoms with Gasteiger partial charge in [0.15, 0.2) is 5.11 Å². The topological polar surface area (TPSA) is 15.3 Å². The summed E-state index contributed by atoms with van der Waals surface area (Å²) in [5, 5.41) is 4.09. The predicted octanol–water partition coefficient (Wildman–Crippen LogP) is 2.39. The van der Waals surface area contributed by atoms with E-state index >= 15 is 0 Å². The zero-order chi connectivity index (χ0) is 10.4. The van der Waals surface area contributed by atoms with Crippen molar-refractivity contribution < 1.29 is 0 Å². The molecule has 1 aliphatic rings. The molecule has 0 heterocycles. The van der Waals surface area contributed by atoms with Gasteiger partial charge in [-0.1, -0.05) is 19.3 Å². The van der Waals surface area contributed by atoms with E-state index < -0.39 is 0 Å². The van der Waals surface area contributed by atoms with Gasteiger partial charge in [-0.05, 0) is 37.9 Å². The highest BCUT2D eigenvalue weighted by Gasteiger charge is 2.16. The lowest BCUT2D eigenvalue weighted by Crippen LogP contribution is -2.39. The first-order chi connectivity index (χ1) is 6.74. The van der Waals surface area contributed by atoms with E-state index in [1.165, 1.54) is 32.1 Å². The highest BCUT2D eigenvalue weighted by atomic mass is 32.1. The highest BCUT2D eigenvalue weighted by Crippen LogP contribution is 2.23. The summed E-state index contributed by atoms with van der Waals surface area (Å²) in [5.41, 5.74) is 0. The average molecular weight is 214 g/mol. The van der Waals surface area contributed by atoms with Crippen molar-refractivity contribution in [1.82, 2.24) is 10.2 Å². The fourth-order valence-electron chi connectivity index (χ4n) is 2.13. The first-order valence-electron chi connectivity index (χ1n) is 5.73. The molecule has 1 fully saturated rings. The number of nitrogens with one attached hydrogen (secondary N) is 1. The first-order valence-corrected chi connectivity index (χ1v) is 6.13. The third-order valence-corrected chi connectivity index (χ3v) is 3.39. The van der Waals surface area contributed by atoms with Crippen LogP contribution in [0.25, 0.3) is 0 Å². The molecule has 82 valence electrons. The van der Waals surface area contributed by atoms with Crippen LogP contribution in [0, 0.1) is 5.92 Å². The minimum Gasteiger partial charge on any atom is -0.363 e. The summed E-state index contributed by atoms with van der Waals surface area (Å²) < 4.78 is 0. The van der Waals surface area contributed by atoms with Gasteiger partial charge < -0.3 is 10.2 Å². The van der Waals surface area contributed by atoms with Crippen molar-refractivity contribution in [2.75, 3.05) is 20.1 Å². The van der Waals surface area contributed by atoms with Crippen LogP contribution in [0.15, 0.2) is 0 Å². The largest absolute Gasteiger partial charge is 0.363 e. The number of hydrogen-bond acceptors (Lipinski definition) is 1. The minimum absolute atomic E-state index is 0.866.